The Bertz CT molecular complexity index is 479. The highest BCUT2D eigenvalue weighted by Crippen LogP contribution is 2.18. The average molecular weight is 259 g/mol. The molecule has 3 nitrogen and oxygen atoms in total. The Morgan fingerprint density at radius 2 is 2.11 bits per heavy atom. The van der Waals surface area contributed by atoms with Crippen LogP contribution in [0.1, 0.15) is 30.9 Å². The molecule has 2 rings (SSSR count). The van der Waals surface area contributed by atoms with Gasteiger partial charge in [-0.05, 0) is 36.9 Å². The van der Waals surface area contributed by atoms with Gasteiger partial charge in [-0.3, -0.25) is 4.90 Å². The summed E-state index contributed by atoms with van der Waals surface area (Å²) in [4.78, 5) is 13.3. The fourth-order valence-corrected chi connectivity index (χ4v) is 2.55. The van der Waals surface area contributed by atoms with E-state index in [9.17, 15) is 4.79 Å². The fraction of sp³-hybridized carbons (Fsp3) is 0.438. The van der Waals surface area contributed by atoms with Crippen molar-refractivity contribution in [2.45, 2.75) is 32.7 Å². The van der Waals surface area contributed by atoms with Crippen LogP contribution in [-0.2, 0) is 17.8 Å². The lowest BCUT2D eigenvalue weighted by Gasteiger charge is -2.18. The van der Waals surface area contributed by atoms with Crippen LogP contribution in [0.5, 0.6) is 0 Å². The molecule has 0 fully saturated rings. The first-order valence-corrected chi connectivity index (χ1v) is 6.92. The van der Waals surface area contributed by atoms with E-state index in [1.165, 1.54) is 11.1 Å². The molecule has 0 saturated heterocycles. The van der Waals surface area contributed by atoms with Crippen molar-refractivity contribution >= 4 is 5.97 Å². The second-order valence-corrected chi connectivity index (χ2v) is 5.00. The van der Waals surface area contributed by atoms with Gasteiger partial charge in [0.1, 0.15) is 0 Å². The Hall–Kier alpha value is -1.61. The maximum atomic E-state index is 11.0. The lowest BCUT2D eigenvalue weighted by molar-refractivity contribution is -0.132. The molecule has 1 aromatic rings. The van der Waals surface area contributed by atoms with E-state index in [1.807, 2.05) is 13.0 Å². The number of hydrogen-bond acceptors (Lipinski definition) is 2. The van der Waals surface area contributed by atoms with Crippen LogP contribution in [0.25, 0.3) is 0 Å². The second-order valence-electron chi connectivity index (χ2n) is 5.00. The molecule has 1 heterocycles. The number of carboxylic acid groups (broad SMARTS) is 1. The van der Waals surface area contributed by atoms with Crippen LogP contribution in [-0.4, -0.2) is 29.1 Å². The summed E-state index contributed by atoms with van der Waals surface area (Å²) in [5, 5.41) is 9.03. The van der Waals surface area contributed by atoms with Gasteiger partial charge in [-0.1, -0.05) is 37.3 Å². The van der Waals surface area contributed by atoms with Gasteiger partial charge < -0.3 is 5.11 Å². The number of fused-ring (bicyclic) bond motifs is 1. The van der Waals surface area contributed by atoms with Crippen molar-refractivity contribution in [1.29, 1.82) is 0 Å². The van der Waals surface area contributed by atoms with E-state index in [-0.39, 0.29) is 0 Å². The van der Waals surface area contributed by atoms with Crippen molar-refractivity contribution < 1.29 is 9.90 Å². The number of nitrogens with zero attached hydrogens (tertiary/aromatic N) is 1. The zero-order valence-corrected chi connectivity index (χ0v) is 11.4. The molecule has 0 bridgehead atoms. The van der Waals surface area contributed by atoms with E-state index < -0.39 is 5.97 Å². The van der Waals surface area contributed by atoms with Crippen LogP contribution in [0.2, 0.25) is 0 Å². The smallest absolute Gasteiger partial charge is 0.331 e. The minimum absolute atomic E-state index is 0.512. The monoisotopic (exact) mass is 259 g/mol. The molecule has 1 aromatic carbocycles. The van der Waals surface area contributed by atoms with Crippen LogP contribution in [0, 0.1) is 0 Å². The molecule has 19 heavy (non-hydrogen) atoms. The quantitative estimate of drug-likeness (QED) is 0.845. The third-order valence-corrected chi connectivity index (χ3v) is 3.68. The second kappa shape index (κ2) is 6.53. The molecular weight excluding hydrogens is 238 g/mol. The number of carbonyl (C=O) groups is 1. The van der Waals surface area contributed by atoms with Crippen molar-refractivity contribution in [1.82, 2.24) is 4.90 Å². The number of hydrogen-bond donors (Lipinski definition) is 1. The molecule has 0 radical (unpaired) electrons. The maximum absolute atomic E-state index is 11.0. The molecule has 0 unspecified atom stereocenters. The van der Waals surface area contributed by atoms with Crippen molar-refractivity contribution in [3.8, 4) is 0 Å². The summed E-state index contributed by atoms with van der Waals surface area (Å²) >= 11 is 0. The number of rotatable bonds is 4. The lowest BCUT2D eigenvalue weighted by atomic mass is 10.0. The van der Waals surface area contributed by atoms with Gasteiger partial charge in [0.25, 0.3) is 0 Å². The van der Waals surface area contributed by atoms with Gasteiger partial charge in [-0.15, -0.1) is 0 Å². The summed E-state index contributed by atoms with van der Waals surface area (Å²) in [5.74, 6) is -0.794. The van der Waals surface area contributed by atoms with Gasteiger partial charge in [-0.2, -0.15) is 0 Å². The first kappa shape index (κ1) is 13.8. The molecular formula is C16H21NO2. The van der Waals surface area contributed by atoms with Gasteiger partial charge in [0.2, 0.25) is 0 Å². The molecule has 0 aromatic heterocycles. The zero-order valence-electron chi connectivity index (χ0n) is 11.4. The summed E-state index contributed by atoms with van der Waals surface area (Å²) in [6, 6.07) is 8.54. The Balaban J connectivity index is 2.05. The summed E-state index contributed by atoms with van der Waals surface area (Å²) in [6.07, 6.45) is 4.70. The summed E-state index contributed by atoms with van der Waals surface area (Å²) in [5.41, 5.74) is 3.32. The highest BCUT2D eigenvalue weighted by molar-refractivity contribution is 5.86. The minimum Gasteiger partial charge on any atom is -0.478 e. The molecule has 0 aliphatic carbocycles. The lowest BCUT2D eigenvalue weighted by Crippen LogP contribution is -2.24. The molecule has 0 saturated carbocycles. The fourth-order valence-electron chi connectivity index (χ4n) is 2.55. The first-order chi connectivity index (χ1) is 9.20. The van der Waals surface area contributed by atoms with E-state index in [0.717, 1.165) is 32.5 Å². The normalized spacial score (nSPS) is 16.8. The number of aryl methyl sites for hydroxylation is 1. The average Bonchev–Trinajstić information content (AvgIpc) is 2.60. The SMILES string of the molecule is CCC(=CCN1CCCc2ccccc2C1)C(=O)O. The molecule has 1 aliphatic heterocycles. The van der Waals surface area contributed by atoms with Crippen LogP contribution < -0.4 is 0 Å². The maximum Gasteiger partial charge on any atom is 0.331 e. The molecule has 1 N–H and O–H groups in total. The molecule has 0 atom stereocenters. The van der Waals surface area contributed by atoms with E-state index in [2.05, 4.69) is 29.2 Å². The first-order valence-electron chi connectivity index (χ1n) is 6.92. The van der Waals surface area contributed by atoms with Gasteiger partial charge >= 0.3 is 5.97 Å². The van der Waals surface area contributed by atoms with Crippen LogP contribution in [0.4, 0.5) is 0 Å². The summed E-state index contributed by atoms with van der Waals surface area (Å²) in [6.45, 7) is 4.56. The summed E-state index contributed by atoms with van der Waals surface area (Å²) in [7, 11) is 0. The Morgan fingerprint density at radius 1 is 1.37 bits per heavy atom. The van der Waals surface area contributed by atoms with E-state index >= 15 is 0 Å². The zero-order chi connectivity index (χ0) is 13.7. The number of aliphatic carboxylic acids is 1. The van der Waals surface area contributed by atoms with Crippen LogP contribution in [0.3, 0.4) is 0 Å². The standard InChI is InChI=1S/C16H21NO2/c1-2-13(16(18)19)9-11-17-10-5-8-14-6-3-4-7-15(14)12-17/h3-4,6-7,9H,2,5,8,10-12H2,1H3,(H,18,19). The highest BCUT2D eigenvalue weighted by Gasteiger charge is 2.13. The van der Waals surface area contributed by atoms with E-state index in [1.54, 1.807) is 0 Å². The predicted octanol–water partition coefficient (Wildman–Crippen LogP) is 2.86. The third-order valence-electron chi connectivity index (χ3n) is 3.68. The third kappa shape index (κ3) is 3.67. The van der Waals surface area contributed by atoms with Gasteiger partial charge in [0, 0.05) is 18.7 Å². The number of carboxylic acids is 1. The van der Waals surface area contributed by atoms with E-state index in [4.69, 9.17) is 5.11 Å². The van der Waals surface area contributed by atoms with Crippen molar-refractivity contribution in [3.05, 3.63) is 47.0 Å². The molecule has 3 heteroatoms. The van der Waals surface area contributed by atoms with Crippen LogP contribution in [0.15, 0.2) is 35.9 Å². The van der Waals surface area contributed by atoms with Crippen LogP contribution >= 0.6 is 0 Å². The van der Waals surface area contributed by atoms with Crippen molar-refractivity contribution in [2.75, 3.05) is 13.1 Å². The Morgan fingerprint density at radius 3 is 2.79 bits per heavy atom. The molecule has 0 amide bonds. The van der Waals surface area contributed by atoms with E-state index in [0.29, 0.717) is 12.0 Å². The van der Waals surface area contributed by atoms with Crippen molar-refractivity contribution in [2.24, 2.45) is 0 Å². The van der Waals surface area contributed by atoms with Gasteiger partial charge in [0.15, 0.2) is 0 Å². The Labute approximate surface area is 114 Å². The largest absolute Gasteiger partial charge is 0.478 e. The highest BCUT2D eigenvalue weighted by atomic mass is 16.4. The minimum atomic E-state index is -0.794. The molecule has 102 valence electrons. The summed E-state index contributed by atoms with van der Waals surface area (Å²) < 4.78 is 0. The Kier molecular flexibility index (Phi) is 4.74. The molecule has 1 aliphatic rings. The number of benzene rings is 1. The topological polar surface area (TPSA) is 40.5 Å². The van der Waals surface area contributed by atoms with Gasteiger partial charge in [-0.25, -0.2) is 4.79 Å². The predicted molar refractivity (Wildman–Crippen MR) is 76.0 cm³/mol. The van der Waals surface area contributed by atoms with Crippen molar-refractivity contribution in [3.63, 3.8) is 0 Å². The molecule has 0 spiro atoms. The van der Waals surface area contributed by atoms with Gasteiger partial charge in [0.05, 0.1) is 0 Å².